The Labute approximate surface area is 128 Å². The third kappa shape index (κ3) is 3.58. The molecule has 0 bridgehead atoms. The van der Waals surface area contributed by atoms with Gasteiger partial charge in [0, 0.05) is 25.1 Å². The van der Waals surface area contributed by atoms with E-state index in [1.54, 1.807) is 0 Å². The molecule has 1 saturated heterocycles. The molecule has 0 aromatic heterocycles. The van der Waals surface area contributed by atoms with E-state index in [0.717, 1.165) is 24.6 Å². The Morgan fingerprint density at radius 3 is 2.81 bits per heavy atom. The Balaban J connectivity index is 1.64. The maximum Gasteiger partial charge on any atom is 0.127 e. The van der Waals surface area contributed by atoms with Crippen molar-refractivity contribution < 1.29 is 4.74 Å². The Bertz CT molecular complexity index is 492. The quantitative estimate of drug-likeness (QED) is 0.922. The van der Waals surface area contributed by atoms with Crippen molar-refractivity contribution in [1.82, 2.24) is 10.2 Å². The maximum absolute atomic E-state index is 6.18. The lowest BCUT2D eigenvalue weighted by atomic mass is 9.97. The first-order valence-electron chi connectivity index (χ1n) is 8.22. The molecule has 0 unspecified atom stereocenters. The van der Waals surface area contributed by atoms with Gasteiger partial charge in [0.1, 0.15) is 11.4 Å². The standard InChI is InChI=1S/C18H28N2O/c1-18(2)11-15-5-4-6-16(17(15)21-18)13-20(3)12-14-7-9-19-10-8-14/h4-6,14,19H,7-13H2,1-3H3. The summed E-state index contributed by atoms with van der Waals surface area (Å²) in [6.07, 6.45) is 3.63. The van der Waals surface area contributed by atoms with Gasteiger partial charge in [0.05, 0.1) is 0 Å². The van der Waals surface area contributed by atoms with Crippen molar-refractivity contribution in [3.8, 4) is 5.75 Å². The summed E-state index contributed by atoms with van der Waals surface area (Å²) in [5.41, 5.74) is 2.66. The Morgan fingerprint density at radius 2 is 2.05 bits per heavy atom. The van der Waals surface area contributed by atoms with Crippen molar-refractivity contribution in [3.05, 3.63) is 29.3 Å². The molecule has 3 rings (SSSR count). The lowest BCUT2D eigenvalue weighted by molar-refractivity contribution is 0.135. The summed E-state index contributed by atoms with van der Waals surface area (Å²) < 4.78 is 6.18. The molecular formula is C18H28N2O. The minimum atomic E-state index is -0.0496. The van der Waals surface area contributed by atoms with Crippen molar-refractivity contribution in [3.63, 3.8) is 0 Å². The first-order valence-corrected chi connectivity index (χ1v) is 8.22. The third-order valence-corrected chi connectivity index (χ3v) is 4.64. The van der Waals surface area contributed by atoms with E-state index in [9.17, 15) is 0 Å². The van der Waals surface area contributed by atoms with Gasteiger partial charge < -0.3 is 15.0 Å². The zero-order valence-corrected chi connectivity index (χ0v) is 13.6. The van der Waals surface area contributed by atoms with Crippen LogP contribution in [0.3, 0.4) is 0 Å². The first-order chi connectivity index (χ1) is 10.0. The number of nitrogens with one attached hydrogen (secondary N) is 1. The molecule has 1 aromatic carbocycles. The predicted octanol–water partition coefficient (Wildman–Crippen LogP) is 2.83. The zero-order valence-electron chi connectivity index (χ0n) is 13.6. The number of hydrogen-bond donors (Lipinski definition) is 1. The molecule has 21 heavy (non-hydrogen) atoms. The second kappa shape index (κ2) is 5.98. The van der Waals surface area contributed by atoms with E-state index in [1.165, 1.54) is 43.6 Å². The SMILES string of the molecule is CN(Cc1cccc2c1OC(C)(C)C2)CC1CCNCC1. The molecule has 0 aliphatic carbocycles. The highest BCUT2D eigenvalue weighted by molar-refractivity contribution is 5.45. The number of fused-ring (bicyclic) bond motifs is 1. The molecule has 2 aliphatic rings. The van der Waals surface area contributed by atoms with E-state index in [-0.39, 0.29) is 5.60 Å². The van der Waals surface area contributed by atoms with Gasteiger partial charge in [-0.2, -0.15) is 0 Å². The van der Waals surface area contributed by atoms with Crippen LogP contribution in [0.5, 0.6) is 5.75 Å². The summed E-state index contributed by atoms with van der Waals surface area (Å²) in [4.78, 5) is 2.46. The topological polar surface area (TPSA) is 24.5 Å². The van der Waals surface area contributed by atoms with Gasteiger partial charge in [-0.15, -0.1) is 0 Å². The first kappa shape index (κ1) is 14.9. The van der Waals surface area contributed by atoms with Crippen LogP contribution in [0.1, 0.15) is 37.8 Å². The van der Waals surface area contributed by atoms with Crippen LogP contribution in [0.25, 0.3) is 0 Å². The molecule has 0 saturated carbocycles. The van der Waals surface area contributed by atoms with Crippen LogP contribution in [0.4, 0.5) is 0 Å². The number of piperidine rings is 1. The molecule has 0 radical (unpaired) electrons. The van der Waals surface area contributed by atoms with Gasteiger partial charge in [-0.25, -0.2) is 0 Å². The molecule has 2 heterocycles. The Kier molecular flexibility index (Phi) is 4.23. The van der Waals surface area contributed by atoms with Crippen LogP contribution < -0.4 is 10.1 Å². The highest BCUT2D eigenvalue weighted by Gasteiger charge is 2.31. The van der Waals surface area contributed by atoms with E-state index in [1.807, 2.05) is 0 Å². The van der Waals surface area contributed by atoms with Gasteiger partial charge in [-0.3, -0.25) is 0 Å². The molecule has 116 valence electrons. The van der Waals surface area contributed by atoms with Crippen molar-refractivity contribution in [2.75, 3.05) is 26.7 Å². The van der Waals surface area contributed by atoms with E-state index >= 15 is 0 Å². The minimum absolute atomic E-state index is 0.0496. The summed E-state index contributed by atoms with van der Waals surface area (Å²) >= 11 is 0. The smallest absolute Gasteiger partial charge is 0.127 e. The molecule has 0 amide bonds. The lowest BCUT2D eigenvalue weighted by Gasteiger charge is -2.28. The number of rotatable bonds is 4. The fraction of sp³-hybridized carbons (Fsp3) is 0.667. The van der Waals surface area contributed by atoms with Crippen LogP contribution in [-0.4, -0.2) is 37.2 Å². The maximum atomic E-state index is 6.18. The normalized spacial score (nSPS) is 21.3. The highest BCUT2D eigenvalue weighted by Crippen LogP contribution is 2.38. The number of hydrogen-bond acceptors (Lipinski definition) is 3. The molecule has 0 spiro atoms. The predicted molar refractivity (Wildman–Crippen MR) is 86.8 cm³/mol. The summed E-state index contributed by atoms with van der Waals surface area (Å²) in [5, 5.41) is 3.44. The molecule has 3 heteroatoms. The molecule has 2 aliphatic heterocycles. The van der Waals surface area contributed by atoms with E-state index in [4.69, 9.17) is 4.74 Å². The van der Waals surface area contributed by atoms with Crippen LogP contribution in [-0.2, 0) is 13.0 Å². The van der Waals surface area contributed by atoms with Crippen molar-refractivity contribution >= 4 is 0 Å². The lowest BCUT2D eigenvalue weighted by Crippen LogP contribution is -2.34. The number of para-hydroxylation sites is 1. The summed E-state index contributed by atoms with van der Waals surface area (Å²) in [5.74, 6) is 1.98. The van der Waals surface area contributed by atoms with Crippen LogP contribution in [0, 0.1) is 5.92 Å². The summed E-state index contributed by atoms with van der Waals surface area (Å²) in [6.45, 7) is 8.88. The van der Waals surface area contributed by atoms with Gasteiger partial charge in [0.25, 0.3) is 0 Å². The van der Waals surface area contributed by atoms with Crippen LogP contribution in [0.2, 0.25) is 0 Å². The Hall–Kier alpha value is -1.06. The molecule has 0 atom stereocenters. The van der Waals surface area contributed by atoms with E-state index in [0.29, 0.717) is 0 Å². The van der Waals surface area contributed by atoms with Crippen molar-refractivity contribution in [2.45, 2.75) is 45.3 Å². The van der Waals surface area contributed by atoms with Crippen molar-refractivity contribution in [1.29, 1.82) is 0 Å². The number of nitrogens with zero attached hydrogens (tertiary/aromatic N) is 1. The van der Waals surface area contributed by atoms with Gasteiger partial charge >= 0.3 is 0 Å². The monoisotopic (exact) mass is 288 g/mol. The third-order valence-electron chi connectivity index (χ3n) is 4.64. The average Bonchev–Trinajstić information content (AvgIpc) is 2.75. The highest BCUT2D eigenvalue weighted by atomic mass is 16.5. The van der Waals surface area contributed by atoms with E-state index in [2.05, 4.69) is 49.3 Å². The fourth-order valence-corrected chi connectivity index (χ4v) is 3.66. The van der Waals surface area contributed by atoms with Crippen molar-refractivity contribution in [2.24, 2.45) is 5.92 Å². The average molecular weight is 288 g/mol. The number of ether oxygens (including phenoxy) is 1. The second-order valence-electron chi connectivity index (χ2n) is 7.33. The second-order valence-corrected chi connectivity index (χ2v) is 7.33. The van der Waals surface area contributed by atoms with Gasteiger partial charge in [0.2, 0.25) is 0 Å². The zero-order chi connectivity index (χ0) is 14.9. The Morgan fingerprint density at radius 1 is 1.29 bits per heavy atom. The summed E-state index contributed by atoms with van der Waals surface area (Å²) in [7, 11) is 2.24. The number of benzene rings is 1. The minimum Gasteiger partial charge on any atom is -0.487 e. The summed E-state index contributed by atoms with van der Waals surface area (Å²) in [6, 6.07) is 6.61. The van der Waals surface area contributed by atoms with Gasteiger partial charge in [0.15, 0.2) is 0 Å². The molecular weight excluding hydrogens is 260 g/mol. The van der Waals surface area contributed by atoms with Crippen LogP contribution >= 0.6 is 0 Å². The van der Waals surface area contributed by atoms with Gasteiger partial charge in [-0.05, 0) is 58.3 Å². The van der Waals surface area contributed by atoms with Crippen LogP contribution in [0.15, 0.2) is 18.2 Å². The largest absolute Gasteiger partial charge is 0.487 e. The van der Waals surface area contributed by atoms with Gasteiger partial charge in [-0.1, -0.05) is 18.2 Å². The molecule has 1 N–H and O–H groups in total. The fourth-order valence-electron chi connectivity index (χ4n) is 3.66. The molecule has 1 aromatic rings. The van der Waals surface area contributed by atoms with E-state index < -0.39 is 0 Å². The molecule has 3 nitrogen and oxygen atoms in total. The molecule has 1 fully saturated rings.